The third kappa shape index (κ3) is 6.02. The lowest BCUT2D eigenvalue weighted by Gasteiger charge is -1.92. The van der Waals surface area contributed by atoms with Crippen molar-refractivity contribution in [3.63, 3.8) is 0 Å². The van der Waals surface area contributed by atoms with Crippen LogP contribution in [-0.4, -0.2) is 11.5 Å². The zero-order valence-corrected chi connectivity index (χ0v) is 5.73. The molecule has 1 unspecified atom stereocenters. The topological polar surface area (TPSA) is 46.5 Å². The first-order valence-corrected chi connectivity index (χ1v) is 3.69. The molecule has 1 N–H and O–H groups in total. The van der Waals surface area contributed by atoms with Gasteiger partial charge in [0, 0.05) is 0 Å². The maximum absolute atomic E-state index is 9.80. The largest absolute Gasteiger partial charge is 0.366 e. The highest BCUT2D eigenvalue weighted by Crippen LogP contribution is 2.14. The van der Waals surface area contributed by atoms with Crippen molar-refractivity contribution in [3.05, 3.63) is 0 Å². The fourth-order valence-corrected chi connectivity index (χ4v) is 0.572. The highest BCUT2D eigenvalue weighted by molar-refractivity contribution is 7.32. The molecule has 0 aliphatic carbocycles. The van der Waals surface area contributed by atoms with Crippen LogP contribution in [0.15, 0.2) is 0 Å². The fraction of sp³-hybridized carbons (Fsp3) is 1.00. The normalized spacial score (nSPS) is 11.5. The molecule has 0 saturated heterocycles. The van der Waals surface area contributed by atoms with Crippen molar-refractivity contribution in [1.29, 1.82) is 0 Å². The predicted molar refractivity (Wildman–Crippen MR) is 30.7 cm³/mol. The Kier molecular flexibility index (Phi) is 5.18. The van der Waals surface area contributed by atoms with Gasteiger partial charge >= 0.3 is 8.25 Å². The van der Waals surface area contributed by atoms with Crippen LogP contribution in [0.2, 0.25) is 0 Å². The summed E-state index contributed by atoms with van der Waals surface area (Å²) in [6, 6.07) is 0. The third-order valence-electron chi connectivity index (χ3n) is 0.700. The van der Waals surface area contributed by atoms with E-state index >= 15 is 0 Å². The first-order valence-electron chi connectivity index (χ1n) is 2.56. The molecule has 49 valence electrons. The van der Waals surface area contributed by atoms with Gasteiger partial charge in [-0.3, -0.25) is 9.42 Å². The van der Waals surface area contributed by atoms with Crippen LogP contribution in [-0.2, 0) is 9.09 Å². The summed E-state index contributed by atoms with van der Waals surface area (Å²) in [7, 11) is -2.36. The van der Waals surface area contributed by atoms with Gasteiger partial charge in [-0.2, -0.15) is 0 Å². The van der Waals surface area contributed by atoms with Gasteiger partial charge < -0.3 is 0 Å². The minimum absolute atomic E-state index is 0.391. The molecule has 0 aliphatic heterocycles. The van der Waals surface area contributed by atoms with E-state index in [0.717, 1.165) is 12.8 Å². The highest BCUT2D eigenvalue weighted by Gasteiger charge is 1.90. The van der Waals surface area contributed by atoms with E-state index in [1.165, 1.54) is 0 Å². The minimum Gasteiger partial charge on any atom is -0.298 e. The second-order valence-corrected chi connectivity index (χ2v) is 2.16. The summed E-state index contributed by atoms with van der Waals surface area (Å²) in [5, 5.41) is 0. The van der Waals surface area contributed by atoms with Gasteiger partial charge in [0.05, 0.1) is 6.61 Å². The smallest absolute Gasteiger partial charge is 0.298 e. The highest BCUT2D eigenvalue weighted by atomic mass is 31.1. The van der Waals surface area contributed by atoms with Gasteiger partial charge in [-0.1, -0.05) is 13.3 Å². The standard InChI is InChI=1S/C4H10O3P/c1-2-3-4-7-8(5)6/h2-4H2,1H3,(H,5,6). The summed E-state index contributed by atoms with van der Waals surface area (Å²) in [5.74, 6) is 0. The Labute approximate surface area is 49.6 Å². The number of hydrogen-bond acceptors (Lipinski definition) is 2. The molecule has 0 aromatic rings. The Morgan fingerprint density at radius 3 is 2.75 bits per heavy atom. The molecular weight excluding hydrogens is 127 g/mol. The van der Waals surface area contributed by atoms with Gasteiger partial charge in [0.25, 0.3) is 0 Å². The second kappa shape index (κ2) is 5.16. The Bertz CT molecular complexity index is 73.7. The van der Waals surface area contributed by atoms with Crippen molar-refractivity contribution in [2.45, 2.75) is 19.8 Å². The van der Waals surface area contributed by atoms with Crippen LogP contribution in [0.5, 0.6) is 0 Å². The summed E-state index contributed by atoms with van der Waals surface area (Å²) in [5.41, 5.74) is 0. The molecule has 1 atom stereocenters. The summed E-state index contributed by atoms with van der Waals surface area (Å²) >= 11 is 0. The average molecular weight is 137 g/mol. The quantitative estimate of drug-likeness (QED) is 0.471. The van der Waals surface area contributed by atoms with E-state index in [4.69, 9.17) is 4.89 Å². The van der Waals surface area contributed by atoms with E-state index < -0.39 is 8.25 Å². The maximum atomic E-state index is 9.80. The summed E-state index contributed by atoms with van der Waals surface area (Å²) in [4.78, 5) is 8.07. The van der Waals surface area contributed by atoms with Gasteiger partial charge in [0.2, 0.25) is 0 Å². The van der Waals surface area contributed by atoms with Crippen LogP contribution in [0.4, 0.5) is 0 Å². The van der Waals surface area contributed by atoms with Crippen molar-refractivity contribution in [3.8, 4) is 0 Å². The molecule has 8 heavy (non-hydrogen) atoms. The maximum Gasteiger partial charge on any atom is 0.366 e. The van der Waals surface area contributed by atoms with Gasteiger partial charge in [-0.25, -0.2) is 4.57 Å². The molecule has 4 heteroatoms. The summed E-state index contributed by atoms with van der Waals surface area (Å²) < 4.78 is 14.1. The lowest BCUT2D eigenvalue weighted by molar-refractivity contribution is 0.276. The molecule has 0 bridgehead atoms. The van der Waals surface area contributed by atoms with E-state index in [9.17, 15) is 4.57 Å². The van der Waals surface area contributed by atoms with Gasteiger partial charge in [-0.15, -0.1) is 0 Å². The molecule has 0 rings (SSSR count). The Morgan fingerprint density at radius 2 is 2.38 bits per heavy atom. The van der Waals surface area contributed by atoms with Crippen molar-refractivity contribution in [2.24, 2.45) is 0 Å². The average Bonchev–Trinajstić information content (AvgIpc) is 1.66. The molecule has 0 aliphatic rings. The van der Waals surface area contributed by atoms with E-state index in [1.54, 1.807) is 0 Å². The summed E-state index contributed by atoms with van der Waals surface area (Å²) in [6.07, 6.45) is 1.84. The first kappa shape index (κ1) is 8.02. The van der Waals surface area contributed by atoms with Crippen molar-refractivity contribution in [2.75, 3.05) is 6.61 Å². The molecule has 1 radical (unpaired) electrons. The van der Waals surface area contributed by atoms with Crippen molar-refractivity contribution >= 4 is 8.25 Å². The van der Waals surface area contributed by atoms with Crippen LogP contribution >= 0.6 is 8.25 Å². The molecule has 0 spiro atoms. The van der Waals surface area contributed by atoms with Gasteiger partial charge in [0.15, 0.2) is 0 Å². The van der Waals surface area contributed by atoms with Crippen LogP contribution < -0.4 is 0 Å². The van der Waals surface area contributed by atoms with Crippen molar-refractivity contribution < 1.29 is 14.0 Å². The molecule has 3 nitrogen and oxygen atoms in total. The van der Waals surface area contributed by atoms with E-state index in [2.05, 4.69) is 4.52 Å². The molecule has 0 fully saturated rings. The third-order valence-corrected chi connectivity index (χ3v) is 1.10. The van der Waals surface area contributed by atoms with Crippen LogP contribution in [0.25, 0.3) is 0 Å². The number of hydrogen-bond donors (Lipinski definition) is 1. The lowest BCUT2D eigenvalue weighted by atomic mass is 10.4. The van der Waals surface area contributed by atoms with Crippen LogP contribution in [0, 0.1) is 0 Å². The Hall–Kier alpha value is 0.0200. The van der Waals surface area contributed by atoms with E-state index in [1.807, 2.05) is 6.92 Å². The molecule has 0 saturated carbocycles. The predicted octanol–water partition coefficient (Wildman–Crippen LogP) is 1.45. The summed E-state index contributed by atoms with van der Waals surface area (Å²) in [6.45, 7) is 2.38. The molecule has 0 aromatic heterocycles. The second-order valence-electron chi connectivity index (χ2n) is 1.42. The minimum atomic E-state index is -2.36. The van der Waals surface area contributed by atoms with Crippen LogP contribution in [0.1, 0.15) is 19.8 Å². The van der Waals surface area contributed by atoms with E-state index in [-0.39, 0.29) is 0 Å². The zero-order chi connectivity index (χ0) is 6.41. The molecular formula is C4H10O3P. The van der Waals surface area contributed by atoms with Crippen LogP contribution in [0.3, 0.4) is 0 Å². The molecule has 0 aromatic carbocycles. The fourth-order valence-electron chi connectivity index (χ4n) is 0.287. The molecule has 0 heterocycles. The first-order chi connectivity index (χ1) is 3.77. The van der Waals surface area contributed by atoms with E-state index in [0.29, 0.717) is 6.61 Å². The lowest BCUT2D eigenvalue weighted by Crippen LogP contribution is -1.82. The SMILES string of the molecule is CCCCO[P](=O)O. The Balaban J connectivity index is 2.82. The number of rotatable bonds is 4. The van der Waals surface area contributed by atoms with Gasteiger partial charge in [0.1, 0.15) is 0 Å². The Morgan fingerprint density at radius 1 is 1.75 bits per heavy atom. The number of unbranched alkanes of at least 4 members (excludes halogenated alkanes) is 1. The van der Waals surface area contributed by atoms with Gasteiger partial charge in [-0.05, 0) is 6.42 Å². The monoisotopic (exact) mass is 137 g/mol. The molecule has 0 amide bonds. The van der Waals surface area contributed by atoms with Crippen molar-refractivity contribution in [1.82, 2.24) is 0 Å². The zero-order valence-electron chi connectivity index (χ0n) is 4.83.